The number of guanidine groups is 1. The molecule has 0 saturated carbocycles. The first-order valence-corrected chi connectivity index (χ1v) is 13.4. The molecule has 202 valence electrons. The zero-order valence-electron chi connectivity index (χ0n) is 22.3. The summed E-state index contributed by atoms with van der Waals surface area (Å²) in [6.07, 6.45) is 1.47. The van der Waals surface area contributed by atoms with Gasteiger partial charge in [-0.15, -0.1) is 0 Å². The van der Waals surface area contributed by atoms with Crippen LogP contribution in [0, 0.1) is 12.7 Å². The highest BCUT2D eigenvalue weighted by atomic mass is 35.5. The molecule has 1 N–H and O–H groups in total. The van der Waals surface area contributed by atoms with Crippen molar-refractivity contribution in [2.75, 3.05) is 53.2 Å². The van der Waals surface area contributed by atoms with Crippen molar-refractivity contribution >= 4 is 52.3 Å². The van der Waals surface area contributed by atoms with Crippen molar-refractivity contribution in [3.63, 3.8) is 0 Å². The first-order chi connectivity index (χ1) is 18.7. The second-order valence-electron chi connectivity index (χ2n) is 10.4. The Bertz CT molecular complexity index is 1460. The van der Waals surface area contributed by atoms with Crippen molar-refractivity contribution in [2.24, 2.45) is 4.99 Å². The van der Waals surface area contributed by atoms with Gasteiger partial charge in [-0.05, 0) is 63.7 Å². The van der Waals surface area contributed by atoms with E-state index >= 15 is 0 Å². The van der Waals surface area contributed by atoms with Crippen LogP contribution in [0.3, 0.4) is 0 Å². The molecule has 0 radical (unpaired) electrons. The minimum atomic E-state index is -0.604. The normalized spacial score (nSPS) is 21.1. The van der Waals surface area contributed by atoms with Crippen LogP contribution < -0.4 is 20.0 Å². The summed E-state index contributed by atoms with van der Waals surface area (Å²) in [5, 5.41) is 3.41. The van der Waals surface area contributed by atoms with Crippen LogP contribution in [-0.4, -0.2) is 72.0 Å². The summed E-state index contributed by atoms with van der Waals surface area (Å²) >= 11 is 6.30. The van der Waals surface area contributed by atoms with Crippen molar-refractivity contribution in [2.45, 2.75) is 32.9 Å². The fourth-order valence-electron chi connectivity index (χ4n) is 5.55. The number of amides is 1. The summed E-state index contributed by atoms with van der Waals surface area (Å²) in [6.45, 7) is 9.53. The van der Waals surface area contributed by atoms with Gasteiger partial charge in [-0.2, -0.15) is 4.98 Å². The van der Waals surface area contributed by atoms with E-state index in [1.165, 1.54) is 28.9 Å². The van der Waals surface area contributed by atoms with E-state index in [1.807, 2.05) is 6.07 Å². The molecule has 6 rings (SSSR count). The molecule has 1 saturated heterocycles. The maximum atomic E-state index is 14.8. The predicted molar refractivity (Wildman–Crippen MR) is 153 cm³/mol. The third kappa shape index (κ3) is 4.37. The molecule has 2 atom stereocenters. The van der Waals surface area contributed by atoms with E-state index < -0.39 is 11.7 Å². The van der Waals surface area contributed by atoms with Crippen LogP contribution in [0.2, 0.25) is 5.02 Å². The van der Waals surface area contributed by atoms with E-state index in [0.29, 0.717) is 42.9 Å². The maximum Gasteiger partial charge on any atom is 0.270 e. The molecule has 0 bridgehead atoms. The molecule has 4 heterocycles. The van der Waals surface area contributed by atoms with Gasteiger partial charge < -0.3 is 10.2 Å². The number of aryl methyl sites for hydroxylation is 1. The van der Waals surface area contributed by atoms with Gasteiger partial charge in [0.15, 0.2) is 5.82 Å². The molecule has 11 heteroatoms. The third-order valence-electron chi connectivity index (χ3n) is 7.79. The Hall–Kier alpha value is -3.76. The number of nitrogens with one attached hydrogen (secondary N) is 1. The van der Waals surface area contributed by atoms with Crippen LogP contribution in [0.1, 0.15) is 29.8 Å². The van der Waals surface area contributed by atoms with Crippen molar-refractivity contribution < 1.29 is 9.18 Å². The smallest absolute Gasteiger partial charge is 0.270 e. The molecule has 3 aromatic rings. The maximum absolute atomic E-state index is 14.8. The molecule has 1 amide bonds. The van der Waals surface area contributed by atoms with Crippen molar-refractivity contribution in [1.29, 1.82) is 0 Å². The summed E-state index contributed by atoms with van der Waals surface area (Å²) in [5.41, 5.74) is 3.45. The summed E-state index contributed by atoms with van der Waals surface area (Å²) in [4.78, 5) is 35.0. The van der Waals surface area contributed by atoms with Gasteiger partial charge >= 0.3 is 0 Å². The van der Waals surface area contributed by atoms with Gasteiger partial charge in [0.25, 0.3) is 5.91 Å². The number of nitrogens with zero attached hydrogens (tertiary/aromatic N) is 7. The van der Waals surface area contributed by atoms with E-state index in [-0.39, 0.29) is 16.3 Å². The topological polar surface area (TPSA) is 80.2 Å². The van der Waals surface area contributed by atoms with Gasteiger partial charge in [0, 0.05) is 49.3 Å². The Morgan fingerprint density at radius 1 is 1.13 bits per heavy atom. The van der Waals surface area contributed by atoms with Crippen LogP contribution in [0.25, 0.3) is 0 Å². The zero-order chi connectivity index (χ0) is 27.4. The Labute approximate surface area is 231 Å². The number of anilines is 5. The second-order valence-corrected chi connectivity index (χ2v) is 10.8. The minimum Gasteiger partial charge on any atom is -0.368 e. The molecule has 3 aliphatic heterocycles. The molecule has 2 aromatic carbocycles. The highest BCUT2D eigenvalue weighted by Gasteiger charge is 2.41. The molecule has 0 aliphatic carbocycles. The highest BCUT2D eigenvalue weighted by Crippen LogP contribution is 2.37. The number of halogens is 2. The lowest BCUT2D eigenvalue weighted by molar-refractivity contribution is 0.0999. The number of para-hydroxylation sites is 1. The molecule has 9 nitrogen and oxygen atoms in total. The van der Waals surface area contributed by atoms with Gasteiger partial charge in [0.1, 0.15) is 17.1 Å². The molecule has 1 aromatic heterocycles. The number of aliphatic imine (C=N–C) groups is 1. The van der Waals surface area contributed by atoms with Gasteiger partial charge in [0.2, 0.25) is 11.9 Å². The number of likely N-dealkylation sites (N-methyl/N-ethyl adjacent to an activating group) is 1. The van der Waals surface area contributed by atoms with Gasteiger partial charge in [-0.25, -0.2) is 14.3 Å². The van der Waals surface area contributed by atoms with Crippen LogP contribution in [0.15, 0.2) is 47.6 Å². The SMILES string of the molecule is Cc1cc(Nc2ncc3c(n2)N2CCN=C2N(c2c(F)cccc2Cl)C3=O)ccc1N1C[C@H](C)N(C)[C@@H](C)C1. The van der Waals surface area contributed by atoms with E-state index in [1.54, 1.807) is 11.0 Å². The number of hydrogen-bond donors (Lipinski definition) is 1. The Morgan fingerprint density at radius 3 is 2.62 bits per heavy atom. The Balaban J connectivity index is 1.27. The summed E-state index contributed by atoms with van der Waals surface area (Å²) in [7, 11) is 2.18. The first-order valence-electron chi connectivity index (χ1n) is 13.0. The molecule has 3 aliphatic rings. The van der Waals surface area contributed by atoms with E-state index in [2.05, 4.69) is 70.0 Å². The fraction of sp³-hybridized carbons (Fsp3) is 0.357. The number of rotatable bonds is 4. The Kier molecular flexibility index (Phi) is 6.39. The van der Waals surface area contributed by atoms with Crippen LogP contribution in [-0.2, 0) is 0 Å². The van der Waals surface area contributed by atoms with Crippen molar-refractivity contribution in [1.82, 2.24) is 14.9 Å². The zero-order valence-corrected chi connectivity index (χ0v) is 23.1. The fourth-order valence-corrected chi connectivity index (χ4v) is 5.80. The van der Waals surface area contributed by atoms with Gasteiger partial charge in [-0.3, -0.25) is 19.6 Å². The molecule has 39 heavy (non-hydrogen) atoms. The largest absolute Gasteiger partial charge is 0.368 e. The van der Waals surface area contributed by atoms with Crippen molar-refractivity contribution in [3.05, 3.63) is 64.6 Å². The number of piperazine rings is 1. The average molecular weight is 549 g/mol. The number of benzene rings is 2. The number of fused-ring (bicyclic) bond motifs is 3. The van der Waals surface area contributed by atoms with Crippen LogP contribution >= 0.6 is 11.6 Å². The third-order valence-corrected chi connectivity index (χ3v) is 8.10. The predicted octanol–water partition coefficient (Wildman–Crippen LogP) is 4.69. The molecular formula is C28H30ClFN8O. The van der Waals surface area contributed by atoms with E-state index in [0.717, 1.165) is 24.3 Å². The minimum absolute atomic E-state index is 0.0256. The number of carbonyl (C=O) groups excluding carboxylic acids is 1. The monoisotopic (exact) mass is 548 g/mol. The molecular weight excluding hydrogens is 519 g/mol. The standard InChI is InChI=1S/C28H30ClFN8O/c1-16-12-19(8-9-23(16)36-14-17(2)35(4)18(3)15-36)33-27-32-13-20-25(34-27)37-11-10-31-28(37)38(26(20)39)24-21(29)6-5-7-22(24)30/h5-9,12-13,17-18H,10-11,14-15H2,1-4H3,(H,32,33,34)/t17-,18-/m0/s1. The number of hydrogen-bond acceptors (Lipinski definition) is 8. The molecule has 0 spiro atoms. The van der Waals surface area contributed by atoms with Crippen LogP contribution in [0.5, 0.6) is 0 Å². The van der Waals surface area contributed by atoms with Crippen LogP contribution in [0.4, 0.5) is 33.2 Å². The summed E-state index contributed by atoms with van der Waals surface area (Å²) in [6, 6.07) is 11.5. The summed E-state index contributed by atoms with van der Waals surface area (Å²) < 4.78 is 14.8. The van der Waals surface area contributed by atoms with Gasteiger partial charge in [-0.1, -0.05) is 17.7 Å². The quantitative estimate of drug-likeness (QED) is 0.507. The first kappa shape index (κ1) is 25.5. The van der Waals surface area contributed by atoms with Gasteiger partial charge in [0.05, 0.1) is 11.6 Å². The average Bonchev–Trinajstić information content (AvgIpc) is 3.39. The summed E-state index contributed by atoms with van der Waals surface area (Å²) in [5.74, 6) is 0.0222. The number of carbonyl (C=O) groups is 1. The lowest BCUT2D eigenvalue weighted by Gasteiger charge is -2.44. The second kappa shape index (κ2) is 9.77. The molecule has 1 fully saturated rings. The lowest BCUT2D eigenvalue weighted by atomic mass is 10.1. The van der Waals surface area contributed by atoms with Crippen molar-refractivity contribution in [3.8, 4) is 0 Å². The van der Waals surface area contributed by atoms with E-state index in [9.17, 15) is 9.18 Å². The number of aromatic nitrogens is 2. The lowest BCUT2D eigenvalue weighted by Crippen LogP contribution is -2.55. The Morgan fingerprint density at radius 2 is 1.90 bits per heavy atom. The highest BCUT2D eigenvalue weighted by molar-refractivity contribution is 6.38. The molecule has 0 unspecified atom stereocenters. The van der Waals surface area contributed by atoms with E-state index in [4.69, 9.17) is 11.6 Å².